The van der Waals surface area contributed by atoms with Crippen molar-refractivity contribution in [3.8, 4) is 6.07 Å². The summed E-state index contributed by atoms with van der Waals surface area (Å²) >= 11 is 0. The number of rotatable bonds is 1. The van der Waals surface area contributed by atoms with Crippen molar-refractivity contribution < 1.29 is 0 Å². The van der Waals surface area contributed by atoms with E-state index in [9.17, 15) is 5.26 Å². The molecule has 0 bridgehead atoms. The van der Waals surface area contributed by atoms with Gasteiger partial charge in [0.05, 0.1) is 23.2 Å². The smallest absolute Gasteiger partial charge is 0.0859 e. The fourth-order valence-corrected chi connectivity index (χ4v) is 2.27. The van der Waals surface area contributed by atoms with Crippen LogP contribution < -0.4 is 0 Å². The Labute approximate surface area is 87.9 Å². The molecule has 0 unspecified atom stereocenters. The van der Waals surface area contributed by atoms with Crippen molar-refractivity contribution in [2.24, 2.45) is 0 Å². The second-order valence-corrected chi connectivity index (χ2v) is 4.14. The predicted molar refractivity (Wildman–Crippen MR) is 56.3 cm³/mol. The fraction of sp³-hybridized carbons (Fsp3) is 0.333. The summed E-state index contributed by atoms with van der Waals surface area (Å²) in [7, 11) is 0. The minimum atomic E-state index is -0.261. The lowest BCUT2D eigenvalue weighted by atomic mass is 9.66. The van der Waals surface area contributed by atoms with Crippen LogP contribution in [-0.4, -0.2) is 9.61 Å². The molecule has 3 heteroatoms. The maximum Gasteiger partial charge on any atom is 0.0859 e. The summed E-state index contributed by atoms with van der Waals surface area (Å²) < 4.78 is 1.84. The molecular weight excluding hydrogens is 186 g/mol. The Morgan fingerprint density at radius 1 is 1.40 bits per heavy atom. The molecule has 3 nitrogen and oxygen atoms in total. The van der Waals surface area contributed by atoms with E-state index in [1.807, 2.05) is 35.1 Å². The third-order valence-electron chi connectivity index (χ3n) is 3.36. The zero-order valence-corrected chi connectivity index (χ0v) is 8.35. The van der Waals surface area contributed by atoms with E-state index in [1.54, 1.807) is 0 Å². The second-order valence-electron chi connectivity index (χ2n) is 4.14. The number of hydrogen-bond acceptors (Lipinski definition) is 2. The molecule has 2 heterocycles. The average molecular weight is 197 g/mol. The van der Waals surface area contributed by atoms with Crippen LogP contribution in [0, 0.1) is 11.3 Å². The molecule has 0 radical (unpaired) electrons. The summed E-state index contributed by atoms with van der Waals surface area (Å²) in [4.78, 5) is 0. The molecule has 1 aliphatic carbocycles. The molecule has 2 aromatic rings. The van der Waals surface area contributed by atoms with Gasteiger partial charge in [-0.15, -0.1) is 0 Å². The Morgan fingerprint density at radius 3 is 2.93 bits per heavy atom. The average Bonchev–Trinajstić information content (AvgIpc) is 2.62. The van der Waals surface area contributed by atoms with Crippen LogP contribution in [0.1, 0.15) is 24.8 Å². The predicted octanol–water partition coefficient (Wildman–Crippen LogP) is 2.28. The molecule has 0 aliphatic heterocycles. The van der Waals surface area contributed by atoms with E-state index in [4.69, 9.17) is 0 Å². The first-order chi connectivity index (χ1) is 7.36. The van der Waals surface area contributed by atoms with E-state index >= 15 is 0 Å². The summed E-state index contributed by atoms with van der Waals surface area (Å²) in [5.41, 5.74) is 1.90. The van der Waals surface area contributed by atoms with Gasteiger partial charge in [-0.3, -0.25) is 0 Å². The standard InChI is InChI=1S/C12H11N3/c13-9-12(5-3-6-12)10-8-14-15-7-2-1-4-11(10)15/h1-2,4,7-8H,3,5-6H2. The van der Waals surface area contributed by atoms with Crippen LogP contribution >= 0.6 is 0 Å². The van der Waals surface area contributed by atoms with Crippen molar-refractivity contribution in [1.82, 2.24) is 9.61 Å². The number of aromatic nitrogens is 2. The summed E-state index contributed by atoms with van der Waals surface area (Å²) in [5, 5.41) is 13.6. The number of nitriles is 1. The number of nitrogens with zero attached hydrogens (tertiary/aromatic N) is 3. The highest BCUT2D eigenvalue weighted by Gasteiger charge is 2.41. The molecule has 2 aromatic heterocycles. The number of pyridine rings is 1. The molecule has 0 spiro atoms. The maximum atomic E-state index is 9.28. The van der Waals surface area contributed by atoms with E-state index in [1.165, 1.54) is 0 Å². The van der Waals surface area contributed by atoms with Gasteiger partial charge in [0.1, 0.15) is 0 Å². The molecule has 74 valence electrons. The first-order valence-corrected chi connectivity index (χ1v) is 5.20. The fourth-order valence-electron chi connectivity index (χ4n) is 2.27. The third-order valence-corrected chi connectivity index (χ3v) is 3.36. The number of fused-ring (bicyclic) bond motifs is 1. The van der Waals surface area contributed by atoms with Gasteiger partial charge in [0.2, 0.25) is 0 Å². The lowest BCUT2D eigenvalue weighted by Crippen LogP contribution is -2.32. The molecule has 3 rings (SSSR count). The van der Waals surface area contributed by atoms with Gasteiger partial charge in [-0.25, -0.2) is 4.52 Å². The largest absolute Gasteiger partial charge is 0.241 e. The molecule has 1 fully saturated rings. The van der Waals surface area contributed by atoms with Gasteiger partial charge in [0, 0.05) is 11.8 Å². The Kier molecular flexibility index (Phi) is 1.60. The Hall–Kier alpha value is -1.82. The molecule has 1 saturated carbocycles. The minimum absolute atomic E-state index is 0.261. The van der Waals surface area contributed by atoms with Crippen LogP contribution in [0.2, 0.25) is 0 Å². The van der Waals surface area contributed by atoms with Crippen molar-refractivity contribution in [2.75, 3.05) is 0 Å². The van der Waals surface area contributed by atoms with Gasteiger partial charge < -0.3 is 0 Å². The van der Waals surface area contributed by atoms with Crippen LogP contribution in [0.25, 0.3) is 5.52 Å². The van der Waals surface area contributed by atoms with Crippen molar-refractivity contribution in [1.29, 1.82) is 5.26 Å². The topological polar surface area (TPSA) is 41.1 Å². The normalized spacial score (nSPS) is 18.3. The molecular formula is C12H11N3. The highest BCUT2D eigenvalue weighted by molar-refractivity contribution is 5.59. The summed E-state index contributed by atoms with van der Waals surface area (Å²) in [6.45, 7) is 0. The van der Waals surface area contributed by atoms with E-state index in [2.05, 4.69) is 11.2 Å². The van der Waals surface area contributed by atoms with Crippen LogP contribution in [0.5, 0.6) is 0 Å². The molecule has 1 aliphatic rings. The first-order valence-electron chi connectivity index (χ1n) is 5.20. The monoisotopic (exact) mass is 197 g/mol. The van der Waals surface area contributed by atoms with Crippen molar-refractivity contribution in [3.05, 3.63) is 36.2 Å². The van der Waals surface area contributed by atoms with E-state index in [0.717, 1.165) is 30.3 Å². The Balaban J connectivity index is 2.24. The Morgan fingerprint density at radius 2 is 2.27 bits per heavy atom. The lowest BCUT2D eigenvalue weighted by molar-refractivity contribution is 0.326. The highest BCUT2D eigenvalue weighted by Crippen LogP contribution is 2.44. The van der Waals surface area contributed by atoms with Crippen LogP contribution in [0.3, 0.4) is 0 Å². The van der Waals surface area contributed by atoms with Crippen LogP contribution in [0.15, 0.2) is 30.6 Å². The molecule has 0 atom stereocenters. The van der Waals surface area contributed by atoms with Gasteiger partial charge in [0.25, 0.3) is 0 Å². The summed E-state index contributed by atoms with van der Waals surface area (Å²) in [6.07, 6.45) is 6.86. The van der Waals surface area contributed by atoms with Crippen molar-refractivity contribution in [3.63, 3.8) is 0 Å². The zero-order valence-electron chi connectivity index (χ0n) is 8.35. The quantitative estimate of drug-likeness (QED) is 0.703. The first kappa shape index (κ1) is 8.49. The van der Waals surface area contributed by atoms with E-state index in [-0.39, 0.29) is 5.41 Å². The SMILES string of the molecule is N#CC1(c2cnn3ccccc23)CCC1. The van der Waals surface area contributed by atoms with Gasteiger partial charge in [0.15, 0.2) is 0 Å². The van der Waals surface area contributed by atoms with E-state index in [0.29, 0.717) is 0 Å². The summed E-state index contributed by atoms with van der Waals surface area (Å²) in [6, 6.07) is 8.42. The molecule has 0 amide bonds. The van der Waals surface area contributed by atoms with Crippen molar-refractivity contribution >= 4 is 5.52 Å². The molecule has 0 saturated heterocycles. The van der Waals surface area contributed by atoms with Gasteiger partial charge in [-0.1, -0.05) is 6.07 Å². The Bertz CT molecular complexity index is 543. The van der Waals surface area contributed by atoms with Gasteiger partial charge in [-0.2, -0.15) is 10.4 Å². The molecule has 0 N–H and O–H groups in total. The molecule has 0 aromatic carbocycles. The highest BCUT2D eigenvalue weighted by atomic mass is 15.2. The van der Waals surface area contributed by atoms with Gasteiger partial charge >= 0.3 is 0 Å². The van der Waals surface area contributed by atoms with Crippen LogP contribution in [0.4, 0.5) is 0 Å². The van der Waals surface area contributed by atoms with E-state index < -0.39 is 0 Å². The van der Waals surface area contributed by atoms with Gasteiger partial charge in [-0.05, 0) is 31.4 Å². The third kappa shape index (κ3) is 1.02. The summed E-state index contributed by atoms with van der Waals surface area (Å²) in [5.74, 6) is 0. The van der Waals surface area contributed by atoms with Crippen LogP contribution in [-0.2, 0) is 5.41 Å². The number of hydrogen-bond donors (Lipinski definition) is 0. The maximum absolute atomic E-state index is 9.28. The zero-order chi connectivity index (χ0) is 10.3. The minimum Gasteiger partial charge on any atom is -0.241 e. The van der Waals surface area contributed by atoms with Crippen molar-refractivity contribution in [2.45, 2.75) is 24.7 Å². The molecule has 15 heavy (non-hydrogen) atoms. The second kappa shape index (κ2) is 2.83. The lowest BCUT2D eigenvalue weighted by Gasteiger charge is -2.34.